The zero-order valence-electron chi connectivity index (χ0n) is 10.5. The fraction of sp³-hybridized carbons (Fsp3) is 0.308. The van der Waals surface area contributed by atoms with Crippen LogP contribution in [0.15, 0.2) is 36.7 Å². The molecule has 0 aliphatic carbocycles. The largest absolute Gasteiger partial charge is 0.478 e. The van der Waals surface area contributed by atoms with Crippen molar-refractivity contribution >= 4 is 5.97 Å². The maximum Gasteiger partial charge on any atom is 0.336 e. The minimum Gasteiger partial charge on any atom is -0.478 e. The topological polar surface area (TPSA) is 80.0 Å². The maximum atomic E-state index is 11.0. The van der Waals surface area contributed by atoms with E-state index in [1.54, 1.807) is 23.0 Å². The molecule has 2 N–H and O–H groups in total. The van der Waals surface area contributed by atoms with Crippen molar-refractivity contribution < 1.29 is 9.90 Å². The number of carboxylic acid groups (broad SMARTS) is 1. The number of benzene rings is 1. The molecule has 100 valence electrons. The fourth-order valence-corrected chi connectivity index (χ4v) is 1.82. The molecule has 0 saturated carbocycles. The molecule has 6 nitrogen and oxygen atoms in total. The van der Waals surface area contributed by atoms with E-state index in [1.807, 2.05) is 18.3 Å². The molecular weight excluding hydrogens is 244 g/mol. The van der Waals surface area contributed by atoms with Gasteiger partial charge in [0.15, 0.2) is 0 Å². The van der Waals surface area contributed by atoms with Crippen LogP contribution in [0.2, 0.25) is 0 Å². The third-order valence-corrected chi connectivity index (χ3v) is 2.78. The number of carboxylic acids is 1. The van der Waals surface area contributed by atoms with Gasteiger partial charge in [-0.1, -0.05) is 23.4 Å². The Morgan fingerprint density at radius 3 is 2.95 bits per heavy atom. The van der Waals surface area contributed by atoms with Crippen LogP contribution in [-0.2, 0) is 13.1 Å². The number of nitrogens with zero attached hydrogens (tertiary/aromatic N) is 3. The molecular formula is C13H16N4O2. The molecule has 0 aliphatic rings. The Morgan fingerprint density at radius 2 is 2.21 bits per heavy atom. The van der Waals surface area contributed by atoms with Crippen LogP contribution in [0.1, 0.15) is 22.3 Å². The van der Waals surface area contributed by atoms with Crippen LogP contribution in [0.5, 0.6) is 0 Å². The van der Waals surface area contributed by atoms with Gasteiger partial charge in [-0.3, -0.25) is 4.68 Å². The first kappa shape index (κ1) is 13.2. The molecule has 0 bridgehead atoms. The Balaban J connectivity index is 1.75. The number of aryl methyl sites for hydroxylation is 1. The van der Waals surface area contributed by atoms with Crippen molar-refractivity contribution in [3.05, 3.63) is 47.8 Å². The average Bonchev–Trinajstić information content (AvgIpc) is 2.92. The summed E-state index contributed by atoms with van der Waals surface area (Å²) in [5.74, 6) is -0.889. The van der Waals surface area contributed by atoms with E-state index in [9.17, 15) is 4.79 Å². The molecule has 0 aliphatic heterocycles. The van der Waals surface area contributed by atoms with Crippen molar-refractivity contribution in [2.24, 2.45) is 0 Å². The van der Waals surface area contributed by atoms with Crippen molar-refractivity contribution in [3.8, 4) is 0 Å². The number of rotatable bonds is 7. The van der Waals surface area contributed by atoms with Gasteiger partial charge in [0.1, 0.15) is 0 Å². The van der Waals surface area contributed by atoms with Crippen LogP contribution in [0.25, 0.3) is 0 Å². The molecule has 2 aromatic rings. The Morgan fingerprint density at radius 1 is 1.37 bits per heavy atom. The first-order valence-corrected chi connectivity index (χ1v) is 6.13. The summed E-state index contributed by atoms with van der Waals surface area (Å²) in [6.07, 6.45) is 4.38. The summed E-state index contributed by atoms with van der Waals surface area (Å²) in [4.78, 5) is 11.0. The van der Waals surface area contributed by atoms with Gasteiger partial charge >= 0.3 is 5.97 Å². The molecule has 0 fully saturated rings. The summed E-state index contributed by atoms with van der Waals surface area (Å²) >= 11 is 0. The van der Waals surface area contributed by atoms with Crippen LogP contribution in [0.4, 0.5) is 0 Å². The highest BCUT2D eigenvalue weighted by atomic mass is 16.4. The molecule has 19 heavy (non-hydrogen) atoms. The summed E-state index contributed by atoms with van der Waals surface area (Å²) < 4.78 is 1.77. The van der Waals surface area contributed by atoms with Gasteiger partial charge in [-0.15, -0.1) is 5.10 Å². The molecule has 1 aromatic heterocycles. The zero-order valence-corrected chi connectivity index (χ0v) is 10.5. The smallest absolute Gasteiger partial charge is 0.336 e. The van der Waals surface area contributed by atoms with Crippen molar-refractivity contribution in [3.63, 3.8) is 0 Å². The number of aromatic carboxylic acids is 1. The highest BCUT2D eigenvalue weighted by Crippen LogP contribution is 2.08. The second kappa shape index (κ2) is 6.65. The Kier molecular flexibility index (Phi) is 4.63. The van der Waals surface area contributed by atoms with Crippen molar-refractivity contribution in [2.45, 2.75) is 19.5 Å². The SMILES string of the molecule is O=C(O)c1ccccc1CNCCCn1ccnn1. The van der Waals surface area contributed by atoms with E-state index in [2.05, 4.69) is 15.6 Å². The van der Waals surface area contributed by atoms with Crippen molar-refractivity contribution in [1.82, 2.24) is 20.3 Å². The fourth-order valence-electron chi connectivity index (χ4n) is 1.82. The third kappa shape index (κ3) is 3.89. The first-order valence-electron chi connectivity index (χ1n) is 6.13. The van der Waals surface area contributed by atoms with Crippen LogP contribution in [0.3, 0.4) is 0 Å². The molecule has 1 heterocycles. The lowest BCUT2D eigenvalue weighted by Gasteiger charge is -2.07. The third-order valence-electron chi connectivity index (χ3n) is 2.78. The van der Waals surface area contributed by atoms with Crippen LogP contribution in [0, 0.1) is 0 Å². The first-order chi connectivity index (χ1) is 9.27. The van der Waals surface area contributed by atoms with E-state index in [1.165, 1.54) is 0 Å². The Hall–Kier alpha value is -2.21. The number of carbonyl (C=O) groups is 1. The zero-order chi connectivity index (χ0) is 13.5. The molecule has 0 saturated heterocycles. The standard InChI is InChI=1S/C13H16N4O2/c18-13(19)12-5-2-1-4-11(12)10-14-6-3-8-17-9-7-15-16-17/h1-2,4-5,7,9,14H,3,6,8,10H2,(H,18,19). The van der Waals surface area contributed by atoms with Crippen molar-refractivity contribution in [1.29, 1.82) is 0 Å². The van der Waals surface area contributed by atoms with Crippen LogP contribution < -0.4 is 5.32 Å². The summed E-state index contributed by atoms with van der Waals surface area (Å²) in [6.45, 7) is 2.15. The summed E-state index contributed by atoms with van der Waals surface area (Å²) in [7, 11) is 0. The van der Waals surface area contributed by atoms with Gasteiger partial charge in [0.25, 0.3) is 0 Å². The van der Waals surface area contributed by atoms with Gasteiger partial charge in [0.2, 0.25) is 0 Å². The lowest BCUT2D eigenvalue weighted by atomic mass is 10.1. The van der Waals surface area contributed by atoms with Gasteiger partial charge in [0.05, 0.1) is 11.8 Å². The van der Waals surface area contributed by atoms with Gasteiger partial charge in [-0.2, -0.15) is 0 Å². The Bertz CT molecular complexity index is 525. The van der Waals surface area contributed by atoms with Gasteiger partial charge in [-0.05, 0) is 24.6 Å². The number of hydrogen-bond donors (Lipinski definition) is 2. The van der Waals surface area contributed by atoms with Crippen molar-refractivity contribution in [2.75, 3.05) is 6.54 Å². The van der Waals surface area contributed by atoms with Crippen LogP contribution in [-0.4, -0.2) is 32.6 Å². The van der Waals surface area contributed by atoms with E-state index < -0.39 is 5.97 Å². The summed E-state index contributed by atoms with van der Waals surface area (Å²) in [5.41, 5.74) is 1.15. The van der Waals surface area contributed by atoms with Crippen LogP contribution >= 0.6 is 0 Å². The molecule has 0 amide bonds. The minimum atomic E-state index is -0.889. The summed E-state index contributed by atoms with van der Waals surface area (Å²) in [6, 6.07) is 7.03. The quantitative estimate of drug-likeness (QED) is 0.730. The van der Waals surface area contributed by atoms with Gasteiger partial charge in [0, 0.05) is 19.3 Å². The van der Waals surface area contributed by atoms with E-state index in [-0.39, 0.29) is 0 Å². The van der Waals surface area contributed by atoms with Gasteiger partial charge in [-0.25, -0.2) is 4.79 Å². The maximum absolute atomic E-state index is 11.0. The second-order valence-corrected chi connectivity index (χ2v) is 4.16. The highest BCUT2D eigenvalue weighted by molar-refractivity contribution is 5.89. The second-order valence-electron chi connectivity index (χ2n) is 4.16. The molecule has 0 radical (unpaired) electrons. The molecule has 0 spiro atoms. The summed E-state index contributed by atoms with van der Waals surface area (Å²) in [5, 5.41) is 19.9. The minimum absolute atomic E-state index is 0.353. The van der Waals surface area contributed by atoms with E-state index in [0.717, 1.165) is 25.1 Å². The van der Waals surface area contributed by atoms with E-state index in [0.29, 0.717) is 12.1 Å². The molecule has 0 atom stereocenters. The molecule has 2 rings (SSSR count). The number of aromatic nitrogens is 3. The van der Waals surface area contributed by atoms with E-state index in [4.69, 9.17) is 5.11 Å². The van der Waals surface area contributed by atoms with E-state index >= 15 is 0 Å². The lowest BCUT2D eigenvalue weighted by molar-refractivity contribution is 0.0695. The molecule has 1 aromatic carbocycles. The number of nitrogens with one attached hydrogen (secondary N) is 1. The predicted molar refractivity (Wildman–Crippen MR) is 69.7 cm³/mol. The highest BCUT2D eigenvalue weighted by Gasteiger charge is 2.07. The Labute approximate surface area is 111 Å². The number of hydrogen-bond acceptors (Lipinski definition) is 4. The van der Waals surface area contributed by atoms with Gasteiger partial charge < -0.3 is 10.4 Å². The lowest BCUT2D eigenvalue weighted by Crippen LogP contribution is -2.18. The molecule has 0 unspecified atom stereocenters. The normalized spacial score (nSPS) is 10.5. The predicted octanol–water partition coefficient (Wildman–Crippen LogP) is 1.16. The average molecular weight is 260 g/mol. The molecule has 6 heteroatoms. The monoisotopic (exact) mass is 260 g/mol.